The molecule has 0 aromatic carbocycles. The number of carbonyl (C=O) groups excluding carboxylic acids is 1. The highest BCUT2D eigenvalue weighted by atomic mass is 16.7. The molecule has 2 saturated heterocycles. The Bertz CT molecular complexity index is 1580. The Labute approximate surface area is 525 Å². The van der Waals surface area contributed by atoms with Crippen molar-refractivity contribution in [3.05, 3.63) is 36.5 Å². The lowest BCUT2D eigenvalue weighted by atomic mass is 9.97. The summed E-state index contributed by atoms with van der Waals surface area (Å²) in [5, 5.41) is 87.6. The maximum atomic E-state index is 13.3. The summed E-state index contributed by atoms with van der Waals surface area (Å²) in [5.41, 5.74) is 0. The smallest absolute Gasteiger partial charge is 0.220 e. The van der Waals surface area contributed by atoms with Gasteiger partial charge >= 0.3 is 0 Å². The number of carbonyl (C=O) groups is 1. The molecule has 1 amide bonds. The summed E-state index contributed by atoms with van der Waals surface area (Å²) in [6.45, 7) is 2.89. The predicted molar refractivity (Wildman–Crippen MR) is 351 cm³/mol. The summed E-state index contributed by atoms with van der Waals surface area (Å²) in [4.78, 5) is 13.3. The van der Waals surface area contributed by atoms with Crippen LogP contribution in [0.25, 0.3) is 0 Å². The zero-order valence-corrected chi connectivity index (χ0v) is 55.1. The van der Waals surface area contributed by atoms with Gasteiger partial charge in [0.1, 0.15) is 48.8 Å². The minimum absolute atomic E-state index is 0.201. The molecule has 0 aliphatic carbocycles. The average Bonchev–Trinajstić information content (AvgIpc) is 2.46. The van der Waals surface area contributed by atoms with Crippen LogP contribution < -0.4 is 5.32 Å². The van der Waals surface area contributed by atoms with Crippen molar-refractivity contribution < 1.29 is 64.6 Å². The number of aliphatic hydroxyl groups is 8. The van der Waals surface area contributed by atoms with Crippen LogP contribution in [0.2, 0.25) is 0 Å². The van der Waals surface area contributed by atoms with Crippen molar-refractivity contribution in [2.75, 3.05) is 19.8 Å². The van der Waals surface area contributed by atoms with Gasteiger partial charge in [0, 0.05) is 6.42 Å². The summed E-state index contributed by atoms with van der Waals surface area (Å²) >= 11 is 0. The number of hydrogen-bond donors (Lipinski definition) is 9. The van der Waals surface area contributed by atoms with Gasteiger partial charge in [-0.3, -0.25) is 4.79 Å². The molecule has 0 spiro atoms. The molecular formula is C72H135NO13. The fraction of sp³-hybridized carbons (Fsp3) is 0.903. The number of hydrogen-bond acceptors (Lipinski definition) is 13. The Balaban J connectivity index is 1.60. The second-order valence-electron chi connectivity index (χ2n) is 25.7. The van der Waals surface area contributed by atoms with Crippen LogP contribution in [-0.4, -0.2) is 140 Å². The summed E-state index contributed by atoms with van der Waals surface area (Å²) in [7, 11) is 0. The second-order valence-corrected chi connectivity index (χ2v) is 25.7. The zero-order valence-electron chi connectivity index (χ0n) is 55.1. The van der Waals surface area contributed by atoms with Crippen molar-refractivity contribution in [1.82, 2.24) is 5.32 Å². The van der Waals surface area contributed by atoms with Crippen LogP contribution in [0.15, 0.2) is 36.5 Å². The summed E-state index contributed by atoms with van der Waals surface area (Å²) in [6, 6.07) is -0.827. The van der Waals surface area contributed by atoms with Crippen LogP contribution >= 0.6 is 0 Å². The third-order valence-corrected chi connectivity index (χ3v) is 17.9. The Morgan fingerprint density at radius 2 is 0.767 bits per heavy atom. The van der Waals surface area contributed by atoms with Gasteiger partial charge in [-0.2, -0.15) is 0 Å². The molecule has 9 N–H and O–H groups in total. The quantitative estimate of drug-likeness (QED) is 0.0204. The summed E-state index contributed by atoms with van der Waals surface area (Å²) < 4.78 is 22.9. The fourth-order valence-electron chi connectivity index (χ4n) is 12.1. The van der Waals surface area contributed by atoms with Crippen molar-refractivity contribution in [3.8, 4) is 0 Å². The van der Waals surface area contributed by atoms with Crippen LogP contribution in [0.4, 0.5) is 0 Å². The van der Waals surface area contributed by atoms with E-state index >= 15 is 0 Å². The first kappa shape index (κ1) is 80.3. The van der Waals surface area contributed by atoms with E-state index in [4.69, 9.17) is 18.9 Å². The molecule has 0 aromatic heterocycles. The molecule has 86 heavy (non-hydrogen) atoms. The molecule has 2 heterocycles. The molecule has 0 radical (unpaired) electrons. The first-order chi connectivity index (χ1) is 42.1. The zero-order chi connectivity index (χ0) is 62.3. The number of nitrogens with one attached hydrogen (secondary N) is 1. The third kappa shape index (κ3) is 40.8. The Hall–Kier alpha value is -1.79. The summed E-state index contributed by atoms with van der Waals surface area (Å²) in [5.74, 6) is -0.201. The SMILES string of the molecule is CCCCCCC/C=C\C/C=C\C/C=C\CCCCCCCCCCCCCCCCCCCCCCC(=O)NC(COC1OC(CO)C(OC2OC(CO)C(O)C(O)C2O)C(O)C1O)C(O)CCCCCCCCCCCCCCCCCCC. The minimum atomic E-state index is -1.78. The molecule has 2 rings (SSSR count). The van der Waals surface area contributed by atoms with Gasteiger partial charge in [-0.1, -0.05) is 301 Å². The maximum absolute atomic E-state index is 13.3. The molecular weight excluding hydrogens is 1090 g/mol. The van der Waals surface area contributed by atoms with Crippen LogP contribution in [0.3, 0.4) is 0 Å². The fourth-order valence-corrected chi connectivity index (χ4v) is 12.1. The van der Waals surface area contributed by atoms with E-state index in [2.05, 4.69) is 55.6 Å². The lowest BCUT2D eigenvalue weighted by Crippen LogP contribution is -2.65. The molecule has 0 aromatic rings. The van der Waals surface area contributed by atoms with Gasteiger partial charge in [-0.05, 0) is 51.4 Å². The predicted octanol–water partition coefficient (Wildman–Crippen LogP) is 14.9. The number of ether oxygens (including phenoxy) is 4. The number of aliphatic hydroxyl groups excluding tert-OH is 8. The van der Waals surface area contributed by atoms with Gasteiger partial charge in [-0.15, -0.1) is 0 Å². The monoisotopic (exact) mass is 1220 g/mol. The highest BCUT2D eigenvalue weighted by molar-refractivity contribution is 5.76. The van der Waals surface area contributed by atoms with Crippen LogP contribution in [0.1, 0.15) is 322 Å². The molecule has 2 aliphatic heterocycles. The maximum Gasteiger partial charge on any atom is 0.220 e. The molecule has 506 valence electrons. The van der Waals surface area contributed by atoms with Gasteiger partial charge in [0.05, 0.1) is 32.0 Å². The van der Waals surface area contributed by atoms with E-state index in [1.165, 1.54) is 231 Å². The number of unbranched alkanes of at least 4 members (excludes halogenated alkanes) is 41. The largest absolute Gasteiger partial charge is 0.394 e. The number of amides is 1. The standard InChI is InChI=1S/C72H135NO13/c1-3-5-7-9-11-13-15-17-19-21-22-23-24-25-26-27-28-29-30-31-32-33-34-35-36-37-38-40-42-44-46-48-50-52-54-56-64(77)73-60(61(76)55-53-51-49-47-45-43-41-39-20-18-16-14-12-10-8-6-4-2)59-83-71-69(82)67(80)70(63(58-75)85-71)86-72-68(81)66(79)65(78)62(57-74)84-72/h15,17,21-22,24-25,60-63,65-72,74-76,78-82H,3-14,16,18-20,23,26-59H2,1-2H3,(H,73,77)/b17-15-,22-21-,25-24-. The van der Waals surface area contributed by atoms with Crippen LogP contribution in [0, 0.1) is 0 Å². The van der Waals surface area contributed by atoms with Crippen molar-refractivity contribution in [2.45, 2.75) is 396 Å². The molecule has 0 bridgehead atoms. The molecule has 14 nitrogen and oxygen atoms in total. The Morgan fingerprint density at radius 1 is 0.419 bits per heavy atom. The van der Waals surface area contributed by atoms with E-state index in [1.807, 2.05) is 0 Å². The lowest BCUT2D eigenvalue weighted by molar-refractivity contribution is -0.359. The van der Waals surface area contributed by atoms with Gasteiger partial charge in [0.25, 0.3) is 0 Å². The normalized spacial score (nSPS) is 23.6. The lowest BCUT2D eigenvalue weighted by Gasteiger charge is -2.46. The topological polar surface area (TPSA) is 228 Å². The Morgan fingerprint density at radius 3 is 1.17 bits per heavy atom. The van der Waals surface area contributed by atoms with E-state index in [1.54, 1.807) is 0 Å². The van der Waals surface area contributed by atoms with Crippen molar-refractivity contribution >= 4 is 5.91 Å². The highest BCUT2D eigenvalue weighted by Crippen LogP contribution is 2.30. The molecule has 2 aliphatic rings. The van der Waals surface area contributed by atoms with Crippen molar-refractivity contribution in [2.24, 2.45) is 0 Å². The highest BCUT2D eigenvalue weighted by Gasteiger charge is 2.51. The minimum Gasteiger partial charge on any atom is -0.394 e. The average molecular weight is 1220 g/mol. The first-order valence-corrected chi connectivity index (χ1v) is 36.2. The van der Waals surface area contributed by atoms with Gasteiger partial charge in [0.2, 0.25) is 5.91 Å². The molecule has 12 unspecified atom stereocenters. The van der Waals surface area contributed by atoms with Crippen molar-refractivity contribution in [1.29, 1.82) is 0 Å². The molecule has 2 fully saturated rings. The molecule has 12 atom stereocenters. The van der Waals surface area contributed by atoms with Crippen LogP contribution in [-0.2, 0) is 23.7 Å². The van der Waals surface area contributed by atoms with Crippen LogP contribution in [0.5, 0.6) is 0 Å². The Kier molecular flexibility index (Phi) is 53.4. The molecule has 0 saturated carbocycles. The summed E-state index contributed by atoms with van der Waals surface area (Å²) in [6.07, 6.45) is 56.0. The van der Waals surface area contributed by atoms with E-state index in [-0.39, 0.29) is 12.5 Å². The number of allylic oxidation sites excluding steroid dienone is 6. The van der Waals surface area contributed by atoms with E-state index in [0.29, 0.717) is 12.8 Å². The van der Waals surface area contributed by atoms with Crippen molar-refractivity contribution in [3.63, 3.8) is 0 Å². The van der Waals surface area contributed by atoms with Gasteiger partial charge < -0.3 is 65.1 Å². The van der Waals surface area contributed by atoms with E-state index in [0.717, 1.165) is 64.2 Å². The second kappa shape index (κ2) is 57.1. The van der Waals surface area contributed by atoms with Gasteiger partial charge in [-0.25, -0.2) is 0 Å². The first-order valence-electron chi connectivity index (χ1n) is 36.2. The third-order valence-electron chi connectivity index (χ3n) is 17.9. The van der Waals surface area contributed by atoms with E-state index in [9.17, 15) is 45.6 Å². The molecule has 14 heteroatoms. The van der Waals surface area contributed by atoms with Gasteiger partial charge in [0.15, 0.2) is 12.6 Å². The number of rotatable bonds is 60. The van der Waals surface area contributed by atoms with E-state index < -0.39 is 86.8 Å².